The molecule has 20 heavy (non-hydrogen) atoms. The van der Waals surface area contributed by atoms with Gasteiger partial charge in [-0.05, 0) is 37.1 Å². The quantitative estimate of drug-likeness (QED) is 0.840. The Hall–Kier alpha value is -1.88. The molecule has 0 spiro atoms. The summed E-state index contributed by atoms with van der Waals surface area (Å²) in [5.74, 6) is 0.883. The molecule has 0 aliphatic carbocycles. The molecule has 1 aromatic carbocycles. The van der Waals surface area contributed by atoms with Crippen molar-refractivity contribution in [3.63, 3.8) is 0 Å². The molecule has 1 N–H and O–H groups in total. The molecule has 2 rings (SSSR count). The summed E-state index contributed by atoms with van der Waals surface area (Å²) < 4.78 is 7.02. The zero-order valence-corrected chi connectivity index (χ0v) is 12.3. The molecule has 108 valence electrons. The number of nitrogens with zero attached hydrogens (tertiary/aromatic N) is 3. The number of nitrogens with one attached hydrogen (secondary N) is 1. The summed E-state index contributed by atoms with van der Waals surface area (Å²) in [5.41, 5.74) is 2.37. The largest absolute Gasteiger partial charge is 0.497 e. The standard InChI is InChI=1S/C15H22N4O/c1-4-9-16-14(15-11-17-18-19(15)2)10-12-5-7-13(20-3)8-6-12/h5-8,11,14,16H,4,9-10H2,1-3H3. The van der Waals surface area contributed by atoms with E-state index in [9.17, 15) is 0 Å². The van der Waals surface area contributed by atoms with Crippen LogP contribution in [0.1, 0.15) is 30.6 Å². The predicted octanol–water partition coefficient (Wildman–Crippen LogP) is 2.11. The lowest BCUT2D eigenvalue weighted by Gasteiger charge is -2.18. The van der Waals surface area contributed by atoms with E-state index < -0.39 is 0 Å². The van der Waals surface area contributed by atoms with Crippen LogP contribution in [0.3, 0.4) is 0 Å². The molecule has 5 nitrogen and oxygen atoms in total. The average Bonchev–Trinajstić information content (AvgIpc) is 2.90. The monoisotopic (exact) mass is 274 g/mol. The van der Waals surface area contributed by atoms with Crippen LogP contribution < -0.4 is 10.1 Å². The van der Waals surface area contributed by atoms with E-state index >= 15 is 0 Å². The maximum absolute atomic E-state index is 5.19. The lowest BCUT2D eigenvalue weighted by molar-refractivity contribution is 0.414. The number of benzene rings is 1. The van der Waals surface area contributed by atoms with Gasteiger partial charge in [0, 0.05) is 7.05 Å². The van der Waals surface area contributed by atoms with E-state index in [1.807, 2.05) is 30.1 Å². The molecule has 1 aromatic heterocycles. The van der Waals surface area contributed by atoms with Gasteiger partial charge in [-0.1, -0.05) is 24.3 Å². The van der Waals surface area contributed by atoms with Crippen molar-refractivity contribution in [1.29, 1.82) is 0 Å². The SMILES string of the molecule is CCCNC(Cc1ccc(OC)cc1)c1cnnn1C. The molecule has 0 amide bonds. The second kappa shape index (κ2) is 7.05. The topological polar surface area (TPSA) is 52.0 Å². The van der Waals surface area contributed by atoms with Gasteiger partial charge in [0.25, 0.3) is 0 Å². The molecule has 1 unspecified atom stereocenters. The number of hydrogen-bond acceptors (Lipinski definition) is 4. The molecule has 0 saturated carbocycles. The van der Waals surface area contributed by atoms with Crippen molar-refractivity contribution in [2.75, 3.05) is 13.7 Å². The van der Waals surface area contributed by atoms with Gasteiger partial charge in [0.2, 0.25) is 0 Å². The molecule has 0 aliphatic rings. The lowest BCUT2D eigenvalue weighted by Crippen LogP contribution is -2.26. The second-order valence-electron chi connectivity index (χ2n) is 4.84. The first-order valence-electron chi connectivity index (χ1n) is 6.95. The molecule has 5 heteroatoms. The summed E-state index contributed by atoms with van der Waals surface area (Å²) in [7, 11) is 3.61. The minimum Gasteiger partial charge on any atom is -0.497 e. The minimum absolute atomic E-state index is 0.225. The number of ether oxygens (including phenoxy) is 1. The van der Waals surface area contributed by atoms with Crippen LogP contribution in [0.5, 0.6) is 5.75 Å². The third-order valence-corrected chi connectivity index (χ3v) is 3.35. The number of hydrogen-bond donors (Lipinski definition) is 1. The van der Waals surface area contributed by atoms with E-state index in [0.29, 0.717) is 0 Å². The molecule has 1 atom stereocenters. The van der Waals surface area contributed by atoms with E-state index in [1.54, 1.807) is 7.11 Å². The molecule has 1 heterocycles. The fraction of sp³-hybridized carbons (Fsp3) is 0.467. The van der Waals surface area contributed by atoms with Crippen molar-refractivity contribution in [1.82, 2.24) is 20.3 Å². The number of rotatable bonds is 7. The second-order valence-corrected chi connectivity index (χ2v) is 4.84. The van der Waals surface area contributed by atoms with Crippen LogP contribution in [-0.2, 0) is 13.5 Å². The molecule has 0 fully saturated rings. The Labute approximate surface area is 120 Å². The lowest BCUT2D eigenvalue weighted by atomic mass is 10.0. The normalized spacial score (nSPS) is 12.3. The molecule has 0 radical (unpaired) electrons. The Balaban J connectivity index is 2.12. The van der Waals surface area contributed by atoms with E-state index in [2.05, 4.69) is 34.7 Å². The van der Waals surface area contributed by atoms with Crippen molar-refractivity contribution in [3.05, 3.63) is 41.7 Å². The Morgan fingerprint density at radius 2 is 2.05 bits per heavy atom. The van der Waals surface area contributed by atoms with Gasteiger partial charge in [0.1, 0.15) is 5.75 Å². The maximum Gasteiger partial charge on any atom is 0.118 e. The molecule has 0 bridgehead atoms. The van der Waals surface area contributed by atoms with Gasteiger partial charge in [0.15, 0.2) is 0 Å². The van der Waals surface area contributed by atoms with Crippen molar-refractivity contribution >= 4 is 0 Å². The van der Waals surface area contributed by atoms with Gasteiger partial charge in [-0.2, -0.15) is 0 Å². The van der Waals surface area contributed by atoms with E-state index in [-0.39, 0.29) is 6.04 Å². The van der Waals surface area contributed by atoms with E-state index in [0.717, 1.165) is 30.8 Å². The number of aromatic nitrogens is 3. The molecule has 0 aliphatic heterocycles. The van der Waals surface area contributed by atoms with E-state index in [4.69, 9.17) is 4.74 Å². The Kier molecular flexibility index (Phi) is 5.12. The van der Waals surface area contributed by atoms with Crippen LogP contribution in [0, 0.1) is 0 Å². The Morgan fingerprint density at radius 3 is 2.60 bits per heavy atom. The summed E-state index contributed by atoms with van der Waals surface area (Å²) in [5, 5.41) is 11.6. The van der Waals surface area contributed by atoms with E-state index in [1.165, 1.54) is 5.56 Å². The van der Waals surface area contributed by atoms with Gasteiger partial charge in [-0.3, -0.25) is 4.68 Å². The van der Waals surface area contributed by atoms with Gasteiger partial charge in [-0.25, -0.2) is 0 Å². The van der Waals surface area contributed by atoms with Gasteiger partial charge >= 0.3 is 0 Å². The first-order chi connectivity index (χ1) is 9.74. The molecule has 2 aromatic rings. The fourth-order valence-corrected chi connectivity index (χ4v) is 2.21. The summed E-state index contributed by atoms with van der Waals surface area (Å²) in [6, 6.07) is 8.41. The molecule has 0 saturated heterocycles. The molecular weight excluding hydrogens is 252 g/mol. The first-order valence-corrected chi connectivity index (χ1v) is 6.95. The van der Waals surface area contributed by atoms with Crippen molar-refractivity contribution < 1.29 is 4.74 Å². The third-order valence-electron chi connectivity index (χ3n) is 3.35. The zero-order chi connectivity index (χ0) is 14.4. The zero-order valence-electron chi connectivity index (χ0n) is 12.3. The van der Waals surface area contributed by atoms with Crippen molar-refractivity contribution in [2.45, 2.75) is 25.8 Å². The fourth-order valence-electron chi connectivity index (χ4n) is 2.21. The highest BCUT2D eigenvalue weighted by molar-refractivity contribution is 5.28. The van der Waals surface area contributed by atoms with Crippen LogP contribution in [0.4, 0.5) is 0 Å². The highest BCUT2D eigenvalue weighted by atomic mass is 16.5. The van der Waals surface area contributed by atoms with Crippen molar-refractivity contribution in [2.24, 2.45) is 7.05 Å². The average molecular weight is 274 g/mol. The first kappa shape index (κ1) is 14.5. The summed E-state index contributed by atoms with van der Waals surface area (Å²) in [4.78, 5) is 0. The summed E-state index contributed by atoms with van der Waals surface area (Å²) >= 11 is 0. The minimum atomic E-state index is 0.225. The van der Waals surface area contributed by atoms with Crippen molar-refractivity contribution in [3.8, 4) is 5.75 Å². The van der Waals surface area contributed by atoms with Crippen LogP contribution in [0.15, 0.2) is 30.5 Å². The smallest absolute Gasteiger partial charge is 0.118 e. The van der Waals surface area contributed by atoms with Gasteiger partial charge < -0.3 is 10.1 Å². The Morgan fingerprint density at radius 1 is 1.30 bits per heavy atom. The predicted molar refractivity (Wildman–Crippen MR) is 78.7 cm³/mol. The highest BCUT2D eigenvalue weighted by Crippen LogP contribution is 2.19. The van der Waals surface area contributed by atoms with Gasteiger partial charge in [0.05, 0.1) is 25.0 Å². The highest BCUT2D eigenvalue weighted by Gasteiger charge is 2.15. The summed E-state index contributed by atoms with van der Waals surface area (Å²) in [6.07, 6.45) is 3.84. The number of aryl methyl sites for hydroxylation is 1. The maximum atomic E-state index is 5.19. The molecular formula is C15H22N4O. The van der Waals surface area contributed by atoms with Crippen LogP contribution >= 0.6 is 0 Å². The summed E-state index contributed by atoms with van der Waals surface area (Å²) in [6.45, 7) is 3.14. The van der Waals surface area contributed by atoms with Crippen LogP contribution in [0.25, 0.3) is 0 Å². The Bertz CT molecular complexity index is 521. The third kappa shape index (κ3) is 3.57. The van der Waals surface area contributed by atoms with Crippen LogP contribution in [-0.4, -0.2) is 28.6 Å². The number of methoxy groups -OCH3 is 1. The van der Waals surface area contributed by atoms with Gasteiger partial charge in [-0.15, -0.1) is 5.10 Å². The van der Waals surface area contributed by atoms with Crippen LogP contribution in [0.2, 0.25) is 0 Å².